The third kappa shape index (κ3) is 3.26. The highest BCUT2D eigenvalue weighted by molar-refractivity contribution is 5.93. The topological polar surface area (TPSA) is 64.9 Å². The Morgan fingerprint density at radius 2 is 2.29 bits per heavy atom. The number of halogens is 1. The number of rotatable bonds is 4. The van der Waals surface area contributed by atoms with Gasteiger partial charge in [0.2, 0.25) is 5.91 Å². The van der Waals surface area contributed by atoms with E-state index in [1.807, 2.05) is 0 Å². The van der Waals surface area contributed by atoms with Crippen LogP contribution in [0.4, 0.5) is 10.1 Å². The van der Waals surface area contributed by atoms with Gasteiger partial charge in [0.1, 0.15) is 17.4 Å². The molecule has 17 heavy (non-hydrogen) atoms. The van der Waals surface area contributed by atoms with E-state index in [9.17, 15) is 9.18 Å². The van der Waals surface area contributed by atoms with Gasteiger partial charge in [-0.25, -0.2) is 4.39 Å². The van der Waals surface area contributed by atoms with Crippen molar-refractivity contribution < 1.29 is 9.18 Å². The third-order valence-corrected chi connectivity index (χ3v) is 2.34. The minimum Gasteiger partial charge on any atom is -0.325 e. The molecule has 0 aliphatic rings. The van der Waals surface area contributed by atoms with Gasteiger partial charge < -0.3 is 10.6 Å². The van der Waals surface area contributed by atoms with Gasteiger partial charge in [0.15, 0.2) is 0 Å². The SMILES string of the molecule is CNCC(C)C(=O)Nc1cccc(F)c1C#N. The summed E-state index contributed by atoms with van der Waals surface area (Å²) in [5.41, 5.74) is 0.0676. The number of anilines is 1. The minimum atomic E-state index is -0.633. The summed E-state index contributed by atoms with van der Waals surface area (Å²) in [4.78, 5) is 11.7. The van der Waals surface area contributed by atoms with Gasteiger partial charge in [-0.05, 0) is 19.2 Å². The van der Waals surface area contributed by atoms with Crippen LogP contribution in [0.1, 0.15) is 12.5 Å². The van der Waals surface area contributed by atoms with Crippen LogP contribution >= 0.6 is 0 Å². The molecule has 1 rings (SSSR count). The first-order chi connectivity index (χ1) is 8.10. The van der Waals surface area contributed by atoms with Crippen LogP contribution in [0.15, 0.2) is 18.2 Å². The molecule has 1 amide bonds. The quantitative estimate of drug-likeness (QED) is 0.831. The zero-order valence-electron chi connectivity index (χ0n) is 9.75. The van der Waals surface area contributed by atoms with E-state index >= 15 is 0 Å². The molecule has 2 N–H and O–H groups in total. The number of benzene rings is 1. The second-order valence-corrected chi connectivity index (χ2v) is 3.72. The van der Waals surface area contributed by atoms with Gasteiger partial charge in [-0.1, -0.05) is 13.0 Å². The highest BCUT2D eigenvalue weighted by Gasteiger charge is 2.15. The Labute approximate surface area is 99.4 Å². The van der Waals surface area contributed by atoms with Crippen LogP contribution in [0.3, 0.4) is 0 Å². The Hall–Kier alpha value is -1.93. The first kappa shape index (κ1) is 13.1. The fourth-order valence-corrected chi connectivity index (χ4v) is 1.40. The molecule has 0 radical (unpaired) electrons. The first-order valence-corrected chi connectivity index (χ1v) is 5.24. The fraction of sp³-hybridized carbons (Fsp3) is 0.333. The van der Waals surface area contributed by atoms with Crippen LogP contribution in [0.2, 0.25) is 0 Å². The number of nitriles is 1. The molecule has 0 saturated carbocycles. The van der Waals surface area contributed by atoms with E-state index in [2.05, 4.69) is 10.6 Å². The van der Waals surface area contributed by atoms with Crippen molar-refractivity contribution in [3.63, 3.8) is 0 Å². The lowest BCUT2D eigenvalue weighted by atomic mass is 10.1. The lowest BCUT2D eigenvalue weighted by Gasteiger charge is -2.12. The van der Waals surface area contributed by atoms with Crippen molar-refractivity contribution in [2.45, 2.75) is 6.92 Å². The highest BCUT2D eigenvalue weighted by Crippen LogP contribution is 2.18. The van der Waals surface area contributed by atoms with Crippen LogP contribution in [0.5, 0.6) is 0 Å². The molecular formula is C12H14FN3O. The maximum absolute atomic E-state index is 13.3. The van der Waals surface area contributed by atoms with Crippen molar-refractivity contribution in [1.82, 2.24) is 5.32 Å². The molecule has 90 valence electrons. The monoisotopic (exact) mass is 235 g/mol. The van der Waals surface area contributed by atoms with Crippen molar-refractivity contribution >= 4 is 11.6 Å². The number of carbonyl (C=O) groups excluding carboxylic acids is 1. The summed E-state index contributed by atoms with van der Waals surface area (Å²) >= 11 is 0. The molecule has 0 bridgehead atoms. The summed E-state index contributed by atoms with van der Waals surface area (Å²) in [6.07, 6.45) is 0. The van der Waals surface area contributed by atoms with Crippen LogP contribution < -0.4 is 10.6 Å². The summed E-state index contributed by atoms with van der Waals surface area (Å²) in [5.74, 6) is -1.14. The van der Waals surface area contributed by atoms with Crippen molar-refractivity contribution in [2.24, 2.45) is 5.92 Å². The van der Waals surface area contributed by atoms with E-state index in [0.717, 1.165) is 0 Å². The van der Waals surface area contributed by atoms with Gasteiger partial charge in [-0.15, -0.1) is 0 Å². The van der Waals surface area contributed by atoms with Crippen molar-refractivity contribution in [3.05, 3.63) is 29.6 Å². The van der Waals surface area contributed by atoms with E-state index in [1.165, 1.54) is 18.2 Å². The Bertz CT molecular complexity index is 454. The van der Waals surface area contributed by atoms with Gasteiger partial charge in [0.05, 0.1) is 5.69 Å². The zero-order valence-corrected chi connectivity index (χ0v) is 9.75. The van der Waals surface area contributed by atoms with Crippen molar-refractivity contribution in [3.8, 4) is 6.07 Å². The first-order valence-electron chi connectivity index (χ1n) is 5.24. The smallest absolute Gasteiger partial charge is 0.228 e. The normalized spacial score (nSPS) is 11.6. The van der Waals surface area contributed by atoms with E-state index in [1.54, 1.807) is 20.0 Å². The number of carbonyl (C=O) groups is 1. The molecule has 1 aromatic carbocycles. The van der Waals surface area contributed by atoms with E-state index in [4.69, 9.17) is 5.26 Å². The zero-order chi connectivity index (χ0) is 12.8. The van der Waals surface area contributed by atoms with Gasteiger partial charge in [-0.2, -0.15) is 5.26 Å². The van der Waals surface area contributed by atoms with Crippen LogP contribution in [0.25, 0.3) is 0 Å². The van der Waals surface area contributed by atoms with Crippen LogP contribution in [-0.4, -0.2) is 19.5 Å². The summed E-state index contributed by atoms with van der Waals surface area (Å²) in [5, 5.41) is 14.2. The highest BCUT2D eigenvalue weighted by atomic mass is 19.1. The molecule has 1 atom stereocenters. The molecule has 0 aromatic heterocycles. The van der Waals surface area contributed by atoms with Gasteiger partial charge >= 0.3 is 0 Å². The summed E-state index contributed by atoms with van der Waals surface area (Å²) in [7, 11) is 1.74. The third-order valence-electron chi connectivity index (χ3n) is 2.34. The minimum absolute atomic E-state index is 0.141. The molecule has 5 heteroatoms. The van der Waals surface area contributed by atoms with Gasteiger partial charge in [0.25, 0.3) is 0 Å². The molecule has 0 heterocycles. The molecule has 1 unspecified atom stereocenters. The molecule has 4 nitrogen and oxygen atoms in total. The number of nitrogens with zero attached hydrogens (tertiary/aromatic N) is 1. The lowest BCUT2D eigenvalue weighted by molar-refractivity contribution is -0.119. The Morgan fingerprint density at radius 1 is 1.59 bits per heavy atom. The van der Waals surface area contributed by atoms with E-state index in [0.29, 0.717) is 6.54 Å². The molecule has 0 aliphatic heterocycles. The summed E-state index contributed by atoms with van der Waals surface area (Å²) in [6, 6.07) is 5.88. The van der Waals surface area contributed by atoms with Gasteiger partial charge in [0, 0.05) is 12.5 Å². The number of nitrogens with one attached hydrogen (secondary N) is 2. The van der Waals surface area contributed by atoms with E-state index in [-0.39, 0.29) is 23.1 Å². The second kappa shape index (κ2) is 5.97. The van der Waals surface area contributed by atoms with Crippen LogP contribution in [0, 0.1) is 23.1 Å². The predicted molar refractivity (Wildman–Crippen MR) is 62.8 cm³/mol. The summed E-state index contributed by atoms with van der Waals surface area (Å²) < 4.78 is 13.3. The molecule has 0 spiro atoms. The van der Waals surface area contributed by atoms with Crippen LogP contribution in [-0.2, 0) is 4.79 Å². The predicted octanol–water partition coefficient (Wildman–Crippen LogP) is 1.49. The van der Waals surface area contributed by atoms with E-state index < -0.39 is 5.82 Å². The maximum atomic E-state index is 13.3. The molecule has 1 aromatic rings. The van der Waals surface area contributed by atoms with Crippen molar-refractivity contribution in [1.29, 1.82) is 5.26 Å². The molecule has 0 fully saturated rings. The average molecular weight is 235 g/mol. The standard InChI is InChI=1S/C12H14FN3O/c1-8(7-15-2)12(17)16-11-5-3-4-10(13)9(11)6-14/h3-5,8,15H,7H2,1-2H3,(H,16,17). The Balaban J connectivity index is 2.86. The molecular weight excluding hydrogens is 221 g/mol. The molecule has 0 aliphatic carbocycles. The number of hydrogen-bond acceptors (Lipinski definition) is 3. The lowest BCUT2D eigenvalue weighted by Crippen LogP contribution is -2.28. The average Bonchev–Trinajstić information content (AvgIpc) is 2.29. The fourth-order valence-electron chi connectivity index (χ4n) is 1.40. The summed E-state index contributed by atoms with van der Waals surface area (Å²) in [6.45, 7) is 2.26. The van der Waals surface area contributed by atoms with Crippen molar-refractivity contribution in [2.75, 3.05) is 18.9 Å². The number of hydrogen-bond donors (Lipinski definition) is 2. The molecule has 0 saturated heterocycles. The Kier molecular flexibility index (Phi) is 4.61. The second-order valence-electron chi connectivity index (χ2n) is 3.72. The number of amides is 1. The largest absolute Gasteiger partial charge is 0.325 e. The van der Waals surface area contributed by atoms with Gasteiger partial charge in [-0.3, -0.25) is 4.79 Å². The Morgan fingerprint density at radius 3 is 2.88 bits per heavy atom. The maximum Gasteiger partial charge on any atom is 0.228 e.